The van der Waals surface area contributed by atoms with E-state index in [1.165, 1.54) is 11.6 Å². The van der Waals surface area contributed by atoms with E-state index in [2.05, 4.69) is 16.0 Å². The van der Waals surface area contributed by atoms with Gasteiger partial charge in [-0.25, -0.2) is 14.8 Å². The van der Waals surface area contributed by atoms with Crippen LogP contribution in [0.25, 0.3) is 22.2 Å². The van der Waals surface area contributed by atoms with Crippen molar-refractivity contribution in [3.8, 4) is 22.8 Å². The van der Waals surface area contributed by atoms with E-state index in [9.17, 15) is 19.8 Å². The predicted octanol–water partition coefficient (Wildman–Crippen LogP) is 5.87. The maximum Gasteiger partial charge on any atom is 0.342 e. The van der Waals surface area contributed by atoms with Crippen LogP contribution in [0.2, 0.25) is 0 Å². The Kier molecular flexibility index (Phi) is 8.94. The van der Waals surface area contributed by atoms with Crippen LogP contribution in [-0.2, 0) is 33.0 Å². The Morgan fingerprint density at radius 1 is 1.08 bits per heavy atom. The average Bonchev–Trinajstić information content (AvgIpc) is 3.53. The molecule has 61 heavy (non-hydrogen) atoms. The van der Waals surface area contributed by atoms with Crippen molar-refractivity contribution >= 4 is 56.4 Å². The standard InChI is InChI=1S/C45H44N6O8S2/c1-21-11-32(53)38-33(56-21)16-34-39(40(38)54)37-23-4-5-28(31(52)14-23)45-35(59-45)6-3-22-12-29(50-36(46)13-22)26-15-25(18-51-17-24-7-9-48-30(24)19-51)49-42(47)27(26)20-61-60-10-8-44(2,58-34)41(37)57-43(45)55/h4-5,7,9,11-13,15-16,19,23,28,31,35,37,41,52,54H,3,6,8,10,14,17-18,20H2,1-2H3,(H2,46,50)(H2,47,49)/t23-,28-,31+,35+,37-,41+,44-,45-/m0/s1. The number of ether oxygens (including phenoxy) is 3. The number of nitrogens with zero attached hydrogens (tertiary/aromatic N) is 4. The van der Waals surface area contributed by atoms with Gasteiger partial charge in [-0.15, -0.1) is 0 Å². The number of allylic oxidation sites excluding steroid dienone is 2. The zero-order chi connectivity index (χ0) is 41.9. The summed E-state index contributed by atoms with van der Waals surface area (Å²) in [5.41, 5.74) is 17.1. The molecule has 0 amide bonds. The Hall–Kier alpha value is -5.29. The highest BCUT2D eigenvalue weighted by Crippen LogP contribution is 2.59. The van der Waals surface area contributed by atoms with Crippen LogP contribution in [0.4, 0.5) is 11.6 Å². The number of benzene rings is 1. The smallest absolute Gasteiger partial charge is 0.342 e. The molecular weight excluding hydrogens is 817 g/mol. The van der Waals surface area contributed by atoms with Gasteiger partial charge in [0.05, 0.1) is 29.7 Å². The third-order valence-electron chi connectivity index (χ3n) is 13.4. The van der Waals surface area contributed by atoms with Gasteiger partial charge in [0.1, 0.15) is 57.7 Å². The van der Waals surface area contributed by atoms with E-state index in [4.69, 9.17) is 40.1 Å². The highest BCUT2D eigenvalue weighted by atomic mass is 33.1. The summed E-state index contributed by atoms with van der Waals surface area (Å²) >= 11 is 0. The van der Waals surface area contributed by atoms with Gasteiger partial charge < -0.3 is 45.2 Å². The summed E-state index contributed by atoms with van der Waals surface area (Å²) in [7, 11) is 3.25. The van der Waals surface area contributed by atoms with Crippen LogP contribution in [-0.4, -0.2) is 79.1 Å². The Labute approximate surface area is 358 Å². The molecule has 6 bridgehead atoms. The molecule has 14 nitrogen and oxygen atoms in total. The number of aryl methyl sites for hydroxylation is 2. The van der Waals surface area contributed by atoms with Crippen molar-refractivity contribution < 1.29 is 33.6 Å². The number of pyridine rings is 2. The number of esters is 1. The van der Waals surface area contributed by atoms with Crippen LogP contribution in [0.15, 0.2) is 80.2 Å². The number of carbonyl (C=O) groups is 1. The van der Waals surface area contributed by atoms with E-state index in [-0.39, 0.29) is 29.1 Å². The molecule has 16 heteroatoms. The number of hydrogen-bond donors (Lipinski definition) is 4. The van der Waals surface area contributed by atoms with Crippen molar-refractivity contribution in [2.45, 2.75) is 87.3 Å². The number of carbonyl (C=O) groups excluding carboxylic acids is 1. The molecule has 1 aliphatic carbocycles. The van der Waals surface area contributed by atoms with Gasteiger partial charge in [-0.2, -0.15) is 0 Å². The molecule has 4 aromatic rings. The molecule has 7 aliphatic heterocycles. The first-order valence-electron chi connectivity index (χ1n) is 20.6. The first-order chi connectivity index (χ1) is 29.4. The number of rotatable bonds is 2. The summed E-state index contributed by atoms with van der Waals surface area (Å²) < 4.78 is 25.9. The number of aromatic hydroxyl groups is 1. The van der Waals surface area contributed by atoms with Crippen LogP contribution in [0, 0.1) is 18.8 Å². The third kappa shape index (κ3) is 6.27. The number of phenols is 1. The summed E-state index contributed by atoms with van der Waals surface area (Å²) in [5, 5.41) is 23.9. The van der Waals surface area contributed by atoms with Crippen molar-refractivity contribution in [1.29, 1.82) is 0 Å². The van der Waals surface area contributed by atoms with Crippen LogP contribution < -0.4 is 21.6 Å². The number of hydrogen-bond acceptors (Lipinski definition) is 16. The van der Waals surface area contributed by atoms with Gasteiger partial charge in [-0.05, 0) is 68.9 Å². The molecule has 0 saturated carbocycles. The summed E-state index contributed by atoms with van der Waals surface area (Å²) in [6.07, 6.45) is 8.99. The zero-order valence-electron chi connectivity index (χ0n) is 33.5. The number of epoxide rings is 1. The molecule has 2 saturated heterocycles. The van der Waals surface area contributed by atoms with Crippen molar-refractivity contribution in [2.24, 2.45) is 16.8 Å². The fraction of sp³-hybridized carbons (Fsp3) is 0.400. The average molecular weight is 861 g/mol. The first-order valence-corrected chi connectivity index (χ1v) is 23.1. The lowest BCUT2D eigenvalue weighted by atomic mass is 9.67. The largest absolute Gasteiger partial charge is 0.507 e. The van der Waals surface area contributed by atoms with Gasteiger partial charge in [0.2, 0.25) is 0 Å². The normalized spacial score (nSPS) is 31.0. The van der Waals surface area contributed by atoms with E-state index in [1.807, 2.05) is 49.7 Å². The minimum atomic E-state index is -1.44. The minimum Gasteiger partial charge on any atom is -0.507 e. The number of anilines is 2. The second kappa shape index (κ2) is 14.1. The number of aromatic nitrogens is 2. The molecule has 0 radical (unpaired) electrons. The second-order valence-corrected chi connectivity index (χ2v) is 19.9. The molecule has 1 spiro atoms. The highest BCUT2D eigenvalue weighted by Gasteiger charge is 2.71. The Bertz CT molecular complexity index is 2750. The molecule has 8 aliphatic rings. The van der Waals surface area contributed by atoms with Crippen molar-refractivity contribution in [3.05, 3.63) is 104 Å². The van der Waals surface area contributed by atoms with Gasteiger partial charge in [0, 0.05) is 83.1 Å². The number of aliphatic hydroxyl groups is 1. The molecule has 6 N–H and O–H groups in total. The van der Waals surface area contributed by atoms with Crippen LogP contribution in [0.5, 0.6) is 11.5 Å². The van der Waals surface area contributed by atoms with E-state index in [0.29, 0.717) is 71.7 Å². The SMILES string of the molecule is Cc1cc(=O)c2c(O)c3c(cc2o1)O[C@@]1(C)CCSSCc2c(cc(CN4C=C5N=CC=C5C4)nc2N)-c2cc(cc(N)n2)CC[C@H]2O[C@]24C(=O)O[C@@H]1[C@H]3[C@H]1C=C[C@H]4[C@H](O)C1. The Balaban J connectivity index is 0.996. The molecule has 0 unspecified atom stereocenters. The van der Waals surface area contributed by atoms with Gasteiger partial charge >= 0.3 is 5.97 Å². The first kappa shape index (κ1) is 38.6. The van der Waals surface area contributed by atoms with Crippen LogP contribution >= 0.6 is 21.6 Å². The van der Waals surface area contributed by atoms with Crippen LogP contribution in [0.3, 0.4) is 0 Å². The molecule has 10 heterocycles. The number of aliphatic imine (C=N–C) groups is 1. The lowest BCUT2D eigenvalue weighted by molar-refractivity contribution is -0.174. The summed E-state index contributed by atoms with van der Waals surface area (Å²) in [6.45, 7) is 4.87. The molecule has 12 rings (SSSR count). The second-order valence-electron chi connectivity index (χ2n) is 17.3. The van der Waals surface area contributed by atoms with E-state index in [0.717, 1.165) is 34.6 Å². The fourth-order valence-corrected chi connectivity index (χ4v) is 12.8. The number of nitrogens with two attached hydrogens (primary N) is 2. The lowest BCUT2D eigenvalue weighted by Gasteiger charge is -2.48. The van der Waals surface area contributed by atoms with Gasteiger partial charge in [0.25, 0.3) is 0 Å². The molecule has 2 fully saturated rings. The number of aliphatic hydroxyl groups excluding tert-OH is 1. The van der Waals surface area contributed by atoms with E-state index < -0.39 is 52.7 Å². The van der Waals surface area contributed by atoms with Crippen LogP contribution in [0.1, 0.15) is 60.2 Å². The summed E-state index contributed by atoms with van der Waals surface area (Å²) in [5.74, 6) is 0.0269. The van der Waals surface area contributed by atoms with Gasteiger partial charge in [0.15, 0.2) is 11.0 Å². The van der Waals surface area contributed by atoms with Gasteiger partial charge in [-0.1, -0.05) is 33.7 Å². The number of phenolic OH excluding ortho intramolecular Hbond substituents is 1. The minimum absolute atomic E-state index is 0.0271. The fourth-order valence-electron chi connectivity index (χ4n) is 10.4. The predicted molar refractivity (Wildman–Crippen MR) is 233 cm³/mol. The maximum absolute atomic E-state index is 14.8. The molecule has 314 valence electrons. The molecule has 3 aromatic heterocycles. The summed E-state index contributed by atoms with van der Waals surface area (Å²) in [4.78, 5) is 44.5. The highest BCUT2D eigenvalue weighted by molar-refractivity contribution is 8.76. The lowest BCUT2D eigenvalue weighted by Crippen LogP contribution is -2.55. The van der Waals surface area contributed by atoms with E-state index >= 15 is 0 Å². The topological polar surface area (TPSA) is 212 Å². The van der Waals surface area contributed by atoms with Gasteiger partial charge in [-0.3, -0.25) is 9.79 Å². The Morgan fingerprint density at radius 2 is 1.95 bits per heavy atom. The Morgan fingerprint density at radius 3 is 2.79 bits per heavy atom. The third-order valence-corrected chi connectivity index (χ3v) is 15.7. The summed E-state index contributed by atoms with van der Waals surface area (Å²) in [6, 6.07) is 8.90. The van der Waals surface area contributed by atoms with E-state index in [1.54, 1.807) is 34.6 Å². The number of fused-ring (bicyclic) bond motifs is 8. The zero-order valence-corrected chi connectivity index (χ0v) is 35.1. The van der Waals surface area contributed by atoms with Crippen molar-refractivity contribution in [3.63, 3.8) is 0 Å². The molecule has 8 atom stereocenters. The quantitative estimate of drug-likeness (QED) is 0.0804. The maximum atomic E-state index is 14.8. The van der Waals surface area contributed by atoms with Crippen molar-refractivity contribution in [1.82, 2.24) is 14.9 Å². The monoisotopic (exact) mass is 860 g/mol. The van der Waals surface area contributed by atoms with Crippen molar-refractivity contribution in [2.75, 3.05) is 23.8 Å². The molecule has 1 aromatic carbocycles. The molecular formula is C45H44N6O8S2. The number of nitrogen functional groups attached to an aromatic ring is 2.